The lowest BCUT2D eigenvalue weighted by Gasteiger charge is -2.14. The highest BCUT2D eigenvalue weighted by Gasteiger charge is 2.15. The molecule has 0 spiro atoms. The number of halogens is 1. The molecule has 0 amide bonds. The Morgan fingerprint density at radius 2 is 2.17 bits per heavy atom. The summed E-state index contributed by atoms with van der Waals surface area (Å²) < 4.78 is 5.15. The molecule has 2 rings (SSSR count). The topological polar surface area (TPSA) is 35.2 Å². The summed E-state index contributed by atoms with van der Waals surface area (Å²) in [6.45, 7) is 2.14. The standard InChI is InChI=1S/C14H16ClNOS/c1-3-9-6-7-18-14(9)13(16)10-4-5-12(17-2)11(15)8-10/h4-8,13H,3,16H2,1-2H3. The number of benzene rings is 1. The zero-order valence-electron chi connectivity index (χ0n) is 10.4. The fraction of sp³-hybridized carbons (Fsp3) is 0.286. The number of hydrogen-bond acceptors (Lipinski definition) is 3. The largest absolute Gasteiger partial charge is 0.495 e. The van der Waals surface area contributed by atoms with Crippen molar-refractivity contribution in [1.82, 2.24) is 0 Å². The zero-order valence-corrected chi connectivity index (χ0v) is 12.0. The van der Waals surface area contributed by atoms with Gasteiger partial charge in [-0.25, -0.2) is 0 Å². The molecule has 1 aromatic heterocycles. The van der Waals surface area contributed by atoms with E-state index in [4.69, 9.17) is 22.1 Å². The average Bonchev–Trinajstić information content (AvgIpc) is 2.86. The van der Waals surface area contributed by atoms with Crippen LogP contribution in [0.2, 0.25) is 5.02 Å². The van der Waals surface area contributed by atoms with Crippen LogP contribution in [0.3, 0.4) is 0 Å². The Kier molecular flexibility index (Phi) is 4.27. The van der Waals surface area contributed by atoms with Gasteiger partial charge in [-0.05, 0) is 41.1 Å². The summed E-state index contributed by atoms with van der Waals surface area (Å²) in [6.07, 6.45) is 0.996. The van der Waals surface area contributed by atoms with Crippen LogP contribution in [0.1, 0.15) is 29.0 Å². The predicted molar refractivity (Wildman–Crippen MR) is 77.7 cm³/mol. The van der Waals surface area contributed by atoms with Gasteiger partial charge in [-0.1, -0.05) is 24.6 Å². The Labute approximate surface area is 116 Å². The van der Waals surface area contributed by atoms with E-state index in [2.05, 4.69) is 18.4 Å². The van der Waals surface area contributed by atoms with E-state index in [1.54, 1.807) is 18.4 Å². The second kappa shape index (κ2) is 5.74. The van der Waals surface area contributed by atoms with Gasteiger partial charge in [0.05, 0.1) is 18.2 Å². The van der Waals surface area contributed by atoms with Gasteiger partial charge in [0.25, 0.3) is 0 Å². The van der Waals surface area contributed by atoms with Gasteiger partial charge in [-0.2, -0.15) is 0 Å². The molecule has 0 radical (unpaired) electrons. The number of aryl methyl sites for hydroxylation is 1. The second-order valence-electron chi connectivity index (χ2n) is 4.04. The van der Waals surface area contributed by atoms with Crippen LogP contribution in [0.5, 0.6) is 5.75 Å². The highest BCUT2D eigenvalue weighted by Crippen LogP contribution is 2.32. The van der Waals surface area contributed by atoms with Gasteiger partial charge in [-0.3, -0.25) is 0 Å². The van der Waals surface area contributed by atoms with Crippen molar-refractivity contribution in [3.05, 3.63) is 50.7 Å². The smallest absolute Gasteiger partial charge is 0.137 e. The minimum Gasteiger partial charge on any atom is -0.495 e. The molecule has 0 aliphatic rings. The van der Waals surface area contributed by atoms with Crippen molar-refractivity contribution in [3.63, 3.8) is 0 Å². The molecule has 1 aromatic carbocycles. The second-order valence-corrected chi connectivity index (χ2v) is 5.39. The summed E-state index contributed by atoms with van der Waals surface area (Å²) in [7, 11) is 1.61. The monoisotopic (exact) mass is 281 g/mol. The molecule has 1 atom stereocenters. The minimum atomic E-state index is -0.122. The Bertz CT molecular complexity index is 538. The van der Waals surface area contributed by atoms with E-state index in [9.17, 15) is 0 Å². The van der Waals surface area contributed by atoms with Crippen LogP contribution in [0, 0.1) is 0 Å². The Morgan fingerprint density at radius 3 is 2.78 bits per heavy atom. The van der Waals surface area contributed by atoms with Gasteiger partial charge in [0.15, 0.2) is 0 Å². The maximum absolute atomic E-state index is 6.31. The molecule has 2 N–H and O–H groups in total. The third kappa shape index (κ3) is 2.53. The molecule has 1 unspecified atom stereocenters. The number of rotatable bonds is 4. The van der Waals surface area contributed by atoms with Crippen LogP contribution in [0.4, 0.5) is 0 Å². The van der Waals surface area contributed by atoms with Gasteiger partial charge in [0, 0.05) is 4.88 Å². The Morgan fingerprint density at radius 1 is 1.39 bits per heavy atom. The first kappa shape index (κ1) is 13.4. The molecule has 4 heteroatoms. The molecule has 0 aliphatic carbocycles. The molecular weight excluding hydrogens is 266 g/mol. The van der Waals surface area contributed by atoms with E-state index < -0.39 is 0 Å². The highest BCUT2D eigenvalue weighted by molar-refractivity contribution is 7.10. The Hall–Kier alpha value is -1.03. The van der Waals surface area contributed by atoms with Gasteiger partial charge in [0.1, 0.15) is 5.75 Å². The quantitative estimate of drug-likeness (QED) is 0.919. The number of hydrogen-bond donors (Lipinski definition) is 1. The fourth-order valence-corrected chi connectivity index (χ4v) is 3.23. The van der Waals surface area contributed by atoms with Crippen molar-refractivity contribution in [3.8, 4) is 5.75 Å². The number of ether oxygens (including phenoxy) is 1. The SMILES string of the molecule is CCc1ccsc1C(N)c1ccc(OC)c(Cl)c1. The molecule has 18 heavy (non-hydrogen) atoms. The molecule has 0 aliphatic heterocycles. The summed E-state index contributed by atoms with van der Waals surface area (Å²) in [6, 6.07) is 7.71. The third-order valence-electron chi connectivity index (χ3n) is 2.98. The zero-order chi connectivity index (χ0) is 13.1. The molecule has 0 bridgehead atoms. The van der Waals surface area contributed by atoms with Gasteiger partial charge in [-0.15, -0.1) is 11.3 Å². The molecule has 0 fully saturated rings. The summed E-state index contributed by atoms with van der Waals surface area (Å²) in [5.41, 5.74) is 8.63. The number of nitrogens with two attached hydrogens (primary N) is 1. The van der Waals surface area contributed by atoms with Crippen molar-refractivity contribution in [2.45, 2.75) is 19.4 Å². The lowest BCUT2D eigenvalue weighted by Crippen LogP contribution is -2.12. The molecule has 2 aromatic rings. The van der Waals surface area contributed by atoms with Crippen molar-refractivity contribution in [1.29, 1.82) is 0 Å². The van der Waals surface area contributed by atoms with Gasteiger partial charge < -0.3 is 10.5 Å². The fourth-order valence-electron chi connectivity index (χ4n) is 1.94. The van der Waals surface area contributed by atoms with E-state index in [-0.39, 0.29) is 6.04 Å². The highest BCUT2D eigenvalue weighted by atomic mass is 35.5. The van der Waals surface area contributed by atoms with E-state index >= 15 is 0 Å². The maximum Gasteiger partial charge on any atom is 0.137 e. The van der Waals surface area contributed by atoms with Crippen LogP contribution in [0.25, 0.3) is 0 Å². The molecular formula is C14H16ClNOS. The summed E-state index contributed by atoms with van der Waals surface area (Å²) in [4.78, 5) is 1.21. The summed E-state index contributed by atoms with van der Waals surface area (Å²) in [5, 5.41) is 2.68. The first-order valence-electron chi connectivity index (χ1n) is 5.82. The van der Waals surface area contributed by atoms with Gasteiger partial charge >= 0.3 is 0 Å². The average molecular weight is 282 g/mol. The Balaban J connectivity index is 2.34. The van der Waals surface area contributed by atoms with E-state index in [1.807, 2.05) is 18.2 Å². The minimum absolute atomic E-state index is 0.122. The van der Waals surface area contributed by atoms with Crippen molar-refractivity contribution in [2.75, 3.05) is 7.11 Å². The van der Waals surface area contributed by atoms with E-state index in [0.29, 0.717) is 10.8 Å². The van der Waals surface area contributed by atoms with Crippen LogP contribution in [0.15, 0.2) is 29.6 Å². The van der Waals surface area contributed by atoms with Crippen LogP contribution in [-0.4, -0.2) is 7.11 Å². The van der Waals surface area contributed by atoms with Crippen molar-refractivity contribution < 1.29 is 4.74 Å². The maximum atomic E-state index is 6.31. The first-order valence-corrected chi connectivity index (χ1v) is 7.08. The molecule has 1 heterocycles. The van der Waals surface area contributed by atoms with E-state index in [0.717, 1.165) is 12.0 Å². The lowest BCUT2D eigenvalue weighted by molar-refractivity contribution is 0.415. The van der Waals surface area contributed by atoms with Crippen LogP contribution < -0.4 is 10.5 Å². The summed E-state index contributed by atoms with van der Waals surface area (Å²) in [5.74, 6) is 0.675. The summed E-state index contributed by atoms with van der Waals surface area (Å²) >= 11 is 7.83. The van der Waals surface area contributed by atoms with E-state index in [1.165, 1.54) is 10.4 Å². The van der Waals surface area contributed by atoms with Crippen LogP contribution >= 0.6 is 22.9 Å². The number of methoxy groups -OCH3 is 1. The number of thiophene rings is 1. The van der Waals surface area contributed by atoms with Crippen LogP contribution in [-0.2, 0) is 6.42 Å². The lowest BCUT2D eigenvalue weighted by atomic mass is 10.0. The molecule has 2 nitrogen and oxygen atoms in total. The van der Waals surface area contributed by atoms with Crippen molar-refractivity contribution in [2.24, 2.45) is 5.73 Å². The van der Waals surface area contributed by atoms with Gasteiger partial charge in [0.2, 0.25) is 0 Å². The molecule has 96 valence electrons. The first-order chi connectivity index (χ1) is 8.67. The third-order valence-corrected chi connectivity index (χ3v) is 4.32. The van der Waals surface area contributed by atoms with Crippen molar-refractivity contribution >= 4 is 22.9 Å². The predicted octanol–water partition coefficient (Wildman–Crippen LogP) is 4.02. The normalized spacial score (nSPS) is 12.4. The molecule has 0 saturated heterocycles. The molecule has 0 saturated carbocycles.